The van der Waals surface area contributed by atoms with Gasteiger partial charge in [0.15, 0.2) is 0 Å². The maximum absolute atomic E-state index is 14.3. The van der Waals surface area contributed by atoms with Crippen molar-refractivity contribution in [1.82, 2.24) is 5.32 Å². The Morgan fingerprint density at radius 3 is 2.57 bits per heavy atom. The van der Waals surface area contributed by atoms with E-state index in [2.05, 4.69) is 36.5 Å². The van der Waals surface area contributed by atoms with Crippen LogP contribution in [0.2, 0.25) is 5.02 Å². The molecule has 1 aliphatic heterocycles. The predicted octanol–water partition coefficient (Wildman–Crippen LogP) is 4.65. The van der Waals surface area contributed by atoms with E-state index in [4.69, 9.17) is 11.6 Å². The molecule has 3 rings (SSSR count). The summed E-state index contributed by atoms with van der Waals surface area (Å²) in [6.45, 7) is 3.84. The maximum Gasteiger partial charge on any atom is 0.128 e. The lowest BCUT2D eigenvalue weighted by molar-refractivity contribution is 0.393. The van der Waals surface area contributed by atoms with E-state index in [0.29, 0.717) is 10.6 Å². The molecule has 2 aromatic carbocycles. The summed E-state index contributed by atoms with van der Waals surface area (Å²) in [5.41, 5.74) is 3.16. The molecule has 1 fully saturated rings. The van der Waals surface area contributed by atoms with Crippen molar-refractivity contribution in [3.8, 4) is 0 Å². The molecule has 0 aromatic heterocycles. The molecule has 1 N–H and O–H groups in total. The molecule has 0 aliphatic carbocycles. The fourth-order valence-electron chi connectivity index (χ4n) is 3.23. The lowest BCUT2D eigenvalue weighted by Crippen LogP contribution is -2.34. The van der Waals surface area contributed by atoms with Gasteiger partial charge in [-0.1, -0.05) is 47.5 Å². The first kappa shape index (κ1) is 14.6. The summed E-state index contributed by atoms with van der Waals surface area (Å²) in [6.07, 6.45) is 0.902. The van der Waals surface area contributed by atoms with Crippen molar-refractivity contribution in [2.24, 2.45) is 0 Å². The summed E-state index contributed by atoms with van der Waals surface area (Å²) in [5, 5.41) is 3.96. The molecule has 1 saturated heterocycles. The minimum Gasteiger partial charge on any atom is -0.316 e. The Labute approximate surface area is 130 Å². The van der Waals surface area contributed by atoms with E-state index in [1.165, 1.54) is 17.2 Å². The largest absolute Gasteiger partial charge is 0.316 e. The third-order valence-corrected chi connectivity index (χ3v) is 4.69. The SMILES string of the molecule is Cc1ccc(C2CNCCC2c2c(F)cccc2Cl)cc1. The highest BCUT2D eigenvalue weighted by Crippen LogP contribution is 2.41. The average molecular weight is 304 g/mol. The number of hydrogen-bond donors (Lipinski definition) is 1. The molecule has 1 aliphatic rings. The van der Waals surface area contributed by atoms with Crippen molar-refractivity contribution in [1.29, 1.82) is 0 Å². The van der Waals surface area contributed by atoms with Crippen LogP contribution in [0.25, 0.3) is 0 Å². The minimum atomic E-state index is -0.188. The average Bonchev–Trinajstić information content (AvgIpc) is 2.48. The summed E-state index contributed by atoms with van der Waals surface area (Å²) in [4.78, 5) is 0. The number of nitrogens with one attached hydrogen (secondary N) is 1. The molecule has 2 unspecified atom stereocenters. The molecule has 2 aromatic rings. The predicted molar refractivity (Wildman–Crippen MR) is 85.6 cm³/mol. The summed E-state index contributed by atoms with van der Waals surface area (Å²) < 4.78 is 14.3. The van der Waals surface area contributed by atoms with Gasteiger partial charge in [0, 0.05) is 23.0 Å². The van der Waals surface area contributed by atoms with Crippen LogP contribution >= 0.6 is 11.6 Å². The quantitative estimate of drug-likeness (QED) is 0.851. The van der Waals surface area contributed by atoms with Crippen LogP contribution in [-0.4, -0.2) is 13.1 Å². The van der Waals surface area contributed by atoms with Gasteiger partial charge in [-0.25, -0.2) is 4.39 Å². The molecule has 0 bridgehead atoms. The zero-order valence-corrected chi connectivity index (χ0v) is 12.8. The van der Waals surface area contributed by atoms with Crippen LogP contribution in [0.5, 0.6) is 0 Å². The second-order valence-electron chi connectivity index (χ2n) is 5.75. The molecular formula is C18H19ClFN. The van der Waals surface area contributed by atoms with Gasteiger partial charge in [-0.15, -0.1) is 0 Å². The van der Waals surface area contributed by atoms with Crippen molar-refractivity contribution < 1.29 is 4.39 Å². The van der Waals surface area contributed by atoms with Gasteiger partial charge in [0.05, 0.1) is 0 Å². The van der Waals surface area contributed by atoms with Gasteiger partial charge < -0.3 is 5.32 Å². The standard InChI is InChI=1S/C18H19ClFN/c1-12-5-7-13(8-6-12)15-11-21-10-9-14(15)18-16(19)3-2-4-17(18)20/h2-8,14-15,21H,9-11H2,1H3. The first-order valence-corrected chi connectivity index (χ1v) is 7.76. The molecule has 21 heavy (non-hydrogen) atoms. The van der Waals surface area contributed by atoms with Gasteiger partial charge in [-0.3, -0.25) is 0 Å². The number of hydrogen-bond acceptors (Lipinski definition) is 1. The second-order valence-corrected chi connectivity index (χ2v) is 6.16. The fourth-order valence-corrected chi connectivity index (χ4v) is 3.54. The van der Waals surface area contributed by atoms with Crippen LogP contribution in [0.4, 0.5) is 4.39 Å². The molecule has 3 heteroatoms. The van der Waals surface area contributed by atoms with Crippen LogP contribution in [0, 0.1) is 12.7 Å². The summed E-state index contributed by atoms with van der Waals surface area (Å²) >= 11 is 6.28. The number of rotatable bonds is 2. The monoisotopic (exact) mass is 303 g/mol. The van der Waals surface area contributed by atoms with Crippen molar-refractivity contribution >= 4 is 11.6 Å². The lowest BCUT2D eigenvalue weighted by Gasteiger charge is -2.33. The molecule has 0 radical (unpaired) electrons. The Bertz CT molecular complexity index is 603. The zero-order valence-electron chi connectivity index (χ0n) is 12.1. The number of halogens is 2. The summed E-state index contributed by atoms with van der Waals surface area (Å²) in [7, 11) is 0. The summed E-state index contributed by atoms with van der Waals surface area (Å²) in [6, 6.07) is 13.5. The third kappa shape index (κ3) is 2.97. The highest BCUT2D eigenvalue weighted by Gasteiger charge is 2.31. The molecular weight excluding hydrogens is 285 g/mol. The highest BCUT2D eigenvalue weighted by molar-refractivity contribution is 6.31. The van der Waals surface area contributed by atoms with Crippen LogP contribution in [0.15, 0.2) is 42.5 Å². The van der Waals surface area contributed by atoms with E-state index in [9.17, 15) is 4.39 Å². The van der Waals surface area contributed by atoms with E-state index in [1.54, 1.807) is 12.1 Å². The Morgan fingerprint density at radius 1 is 1.10 bits per heavy atom. The van der Waals surface area contributed by atoms with E-state index < -0.39 is 0 Å². The Balaban J connectivity index is 2.00. The normalized spacial score (nSPS) is 22.2. The molecule has 0 amide bonds. The van der Waals surface area contributed by atoms with Gasteiger partial charge in [-0.2, -0.15) is 0 Å². The van der Waals surface area contributed by atoms with Crippen LogP contribution < -0.4 is 5.32 Å². The fraction of sp³-hybridized carbons (Fsp3) is 0.333. The number of piperidine rings is 1. The Morgan fingerprint density at radius 2 is 1.86 bits per heavy atom. The molecule has 0 spiro atoms. The second kappa shape index (κ2) is 6.17. The van der Waals surface area contributed by atoms with Crippen LogP contribution in [0.3, 0.4) is 0 Å². The zero-order chi connectivity index (χ0) is 14.8. The topological polar surface area (TPSA) is 12.0 Å². The van der Waals surface area contributed by atoms with Gasteiger partial charge >= 0.3 is 0 Å². The van der Waals surface area contributed by atoms with E-state index in [1.807, 2.05) is 0 Å². The Kier molecular flexibility index (Phi) is 4.27. The van der Waals surface area contributed by atoms with Gasteiger partial charge in [0.1, 0.15) is 5.82 Å². The van der Waals surface area contributed by atoms with Gasteiger partial charge in [0.25, 0.3) is 0 Å². The van der Waals surface area contributed by atoms with E-state index in [-0.39, 0.29) is 17.7 Å². The van der Waals surface area contributed by atoms with Crippen molar-refractivity contribution in [3.05, 3.63) is 70.0 Å². The van der Waals surface area contributed by atoms with Crippen molar-refractivity contribution in [2.75, 3.05) is 13.1 Å². The van der Waals surface area contributed by atoms with Gasteiger partial charge in [-0.05, 0) is 43.5 Å². The number of aryl methyl sites for hydroxylation is 1. The first-order valence-electron chi connectivity index (χ1n) is 7.38. The van der Waals surface area contributed by atoms with Crippen LogP contribution in [-0.2, 0) is 0 Å². The molecule has 1 heterocycles. The van der Waals surface area contributed by atoms with E-state index >= 15 is 0 Å². The molecule has 2 atom stereocenters. The molecule has 110 valence electrons. The highest BCUT2D eigenvalue weighted by atomic mass is 35.5. The van der Waals surface area contributed by atoms with Gasteiger partial charge in [0.2, 0.25) is 0 Å². The summed E-state index contributed by atoms with van der Waals surface area (Å²) in [5.74, 6) is 0.197. The van der Waals surface area contributed by atoms with Crippen molar-refractivity contribution in [2.45, 2.75) is 25.2 Å². The van der Waals surface area contributed by atoms with E-state index in [0.717, 1.165) is 19.5 Å². The van der Waals surface area contributed by atoms with Crippen molar-refractivity contribution in [3.63, 3.8) is 0 Å². The number of benzene rings is 2. The lowest BCUT2D eigenvalue weighted by atomic mass is 9.77. The molecule has 0 saturated carbocycles. The minimum absolute atomic E-state index is 0.127. The smallest absolute Gasteiger partial charge is 0.128 e. The Hall–Kier alpha value is -1.38. The third-order valence-electron chi connectivity index (χ3n) is 4.36. The first-order chi connectivity index (χ1) is 10.2. The maximum atomic E-state index is 14.3. The molecule has 1 nitrogen and oxygen atoms in total. The van der Waals surface area contributed by atoms with Crippen LogP contribution in [0.1, 0.15) is 34.9 Å².